The number of nitrogens with two attached hydrogens (primary N) is 1. The molecular weight excluding hydrogens is 308 g/mol. The first-order chi connectivity index (χ1) is 5.65. The summed E-state index contributed by atoms with van der Waals surface area (Å²) in [6.07, 6.45) is 0. The summed E-state index contributed by atoms with van der Waals surface area (Å²) >= 11 is 9.38. The number of rotatable bonds is 2. The molecule has 0 aliphatic carbocycles. The van der Waals surface area contributed by atoms with Gasteiger partial charge < -0.3 is 0 Å². The minimum atomic E-state index is -2.04. The molecule has 1 radical (unpaired) electrons. The summed E-state index contributed by atoms with van der Waals surface area (Å²) in [7, 11) is 0. The molecule has 0 aliphatic heterocycles. The van der Waals surface area contributed by atoms with Crippen LogP contribution >= 0.6 is 23.2 Å². The Hall–Kier alpha value is -0.00130. The van der Waals surface area contributed by atoms with Crippen molar-refractivity contribution in [3.63, 3.8) is 0 Å². The van der Waals surface area contributed by atoms with Crippen LogP contribution in [0.25, 0.3) is 0 Å². The molecular formula is C6H4Cl2NO2Sn. The molecule has 12 heavy (non-hydrogen) atoms. The van der Waals surface area contributed by atoms with Gasteiger partial charge in [-0.2, -0.15) is 0 Å². The van der Waals surface area contributed by atoms with E-state index in [1.807, 2.05) is 0 Å². The fraction of sp³-hybridized carbons (Fsp3) is 0. The first-order valence-corrected chi connectivity index (χ1v) is 6.02. The van der Waals surface area contributed by atoms with E-state index in [9.17, 15) is 3.08 Å². The fourth-order valence-corrected chi connectivity index (χ4v) is 2.53. The van der Waals surface area contributed by atoms with Gasteiger partial charge in [-0.1, -0.05) is 0 Å². The Bertz CT molecular complexity index is 295. The van der Waals surface area contributed by atoms with Crippen LogP contribution in [0.4, 0.5) is 5.69 Å². The molecule has 0 atom stereocenters. The molecule has 0 heterocycles. The quantitative estimate of drug-likeness (QED) is 0.670. The summed E-state index contributed by atoms with van der Waals surface area (Å²) in [5.41, 5.74) is 5.89. The van der Waals surface area contributed by atoms with Gasteiger partial charge in [0, 0.05) is 0 Å². The zero-order valence-corrected chi connectivity index (χ0v) is 10.2. The number of halogens is 2. The van der Waals surface area contributed by atoms with Gasteiger partial charge in [-0.3, -0.25) is 0 Å². The Morgan fingerprint density at radius 3 is 2.25 bits per heavy atom. The van der Waals surface area contributed by atoms with Crippen LogP contribution in [-0.2, 0) is 3.08 Å². The van der Waals surface area contributed by atoms with Gasteiger partial charge in [0.05, 0.1) is 0 Å². The van der Waals surface area contributed by atoms with E-state index in [-0.39, 0.29) is 15.8 Å². The van der Waals surface area contributed by atoms with Crippen LogP contribution in [0.2, 0.25) is 10.0 Å². The number of hydrogen-bond acceptors (Lipinski definition) is 3. The van der Waals surface area contributed by atoms with Gasteiger partial charge in [-0.15, -0.1) is 0 Å². The number of nitrogen functional groups attached to an aromatic ring is 1. The molecule has 0 spiro atoms. The number of anilines is 1. The Morgan fingerprint density at radius 1 is 1.33 bits per heavy atom. The zero-order valence-electron chi connectivity index (χ0n) is 5.80. The average Bonchev–Trinajstić information content (AvgIpc) is 1.96. The molecule has 2 N–H and O–H groups in total. The van der Waals surface area contributed by atoms with Gasteiger partial charge in [0.25, 0.3) is 0 Å². The molecule has 0 saturated carbocycles. The summed E-state index contributed by atoms with van der Waals surface area (Å²) in [5.74, 6) is 0.258. The molecule has 1 aromatic rings. The molecule has 6 heteroatoms. The van der Waals surface area contributed by atoms with E-state index in [4.69, 9.17) is 32.0 Å². The molecule has 0 unspecified atom stereocenters. The monoisotopic (exact) mass is 312 g/mol. The molecule has 3 nitrogen and oxygen atoms in total. The van der Waals surface area contributed by atoms with Gasteiger partial charge in [0.1, 0.15) is 0 Å². The summed E-state index contributed by atoms with van der Waals surface area (Å²) in [6.45, 7) is 0. The van der Waals surface area contributed by atoms with E-state index in [1.165, 1.54) is 12.1 Å². The van der Waals surface area contributed by atoms with Crippen LogP contribution in [-0.4, -0.2) is 21.5 Å². The third kappa shape index (κ3) is 2.24. The van der Waals surface area contributed by atoms with Crippen molar-refractivity contribution in [1.82, 2.24) is 0 Å². The summed E-state index contributed by atoms with van der Waals surface area (Å²) < 4.78 is 15.1. The van der Waals surface area contributed by atoms with Crippen molar-refractivity contribution in [3.8, 4) is 5.75 Å². The van der Waals surface area contributed by atoms with E-state index in [0.29, 0.717) is 5.69 Å². The molecule has 0 saturated heterocycles. The van der Waals surface area contributed by atoms with Crippen molar-refractivity contribution in [3.05, 3.63) is 22.2 Å². The molecule has 1 aromatic carbocycles. The Kier molecular flexibility index (Phi) is 3.61. The summed E-state index contributed by atoms with van der Waals surface area (Å²) in [5, 5.41) is 0.577. The van der Waals surface area contributed by atoms with Gasteiger partial charge in [0.2, 0.25) is 0 Å². The van der Waals surface area contributed by atoms with E-state index in [2.05, 4.69) is 0 Å². The van der Waals surface area contributed by atoms with Gasteiger partial charge in [-0.25, -0.2) is 0 Å². The van der Waals surface area contributed by atoms with Crippen LogP contribution in [0.1, 0.15) is 0 Å². The van der Waals surface area contributed by atoms with Crippen molar-refractivity contribution < 1.29 is 6.15 Å². The van der Waals surface area contributed by atoms with E-state index >= 15 is 0 Å². The van der Waals surface area contributed by atoms with E-state index in [1.54, 1.807) is 0 Å². The standard InChI is InChI=1S/C6H5Cl2NO.O.Sn/c7-4-1-3(9)2-5(8)6(4)10;;/h1-2,10H,9H2;;/q;;+1/p-1. The molecule has 0 aliphatic rings. The second-order valence-corrected chi connectivity index (χ2v) is 3.87. The van der Waals surface area contributed by atoms with Crippen LogP contribution in [0, 0.1) is 0 Å². The fourth-order valence-electron chi connectivity index (χ4n) is 0.719. The first-order valence-electron chi connectivity index (χ1n) is 2.93. The number of benzene rings is 1. The number of hydrogen-bond donors (Lipinski definition) is 1. The summed E-state index contributed by atoms with van der Waals surface area (Å²) in [6, 6.07) is 3.00. The van der Waals surface area contributed by atoms with Gasteiger partial charge in [0.15, 0.2) is 0 Å². The molecule has 0 aromatic heterocycles. The van der Waals surface area contributed by atoms with E-state index < -0.39 is 21.5 Å². The topological polar surface area (TPSA) is 52.3 Å². The Morgan fingerprint density at radius 2 is 1.83 bits per heavy atom. The molecule has 0 bridgehead atoms. The molecule has 1 rings (SSSR count). The second kappa shape index (κ2) is 4.30. The summed E-state index contributed by atoms with van der Waals surface area (Å²) in [4.78, 5) is 0. The predicted octanol–water partition coefficient (Wildman–Crippen LogP) is 1.92. The van der Waals surface area contributed by atoms with Crippen molar-refractivity contribution in [2.75, 3.05) is 5.73 Å². The van der Waals surface area contributed by atoms with Crippen LogP contribution in [0.3, 0.4) is 0 Å². The zero-order chi connectivity index (χ0) is 9.14. The van der Waals surface area contributed by atoms with Crippen LogP contribution in [0.5, 0.6) is 5.75 Å². The van der Waals surface area contributed by atoms with Crippen LogP contribution < -0.4 is 8.81 Å². The van der Waals surface area contributed by atoms with E-state index in [0.717, 1.165) is 0 Å². The van der Waals surface area contributed by atoms with Crippen molar-refractivity contribution in [1.29, 1.82) is 0 Å². The second-order valence-electron chi connectivity index (χ2n) is 2.00. The minimum absolute atomic E-state index is 0.258. The first kappa shape index (κ1) is 10.1. The maximum absolute atomic E-state index is 10.3. The van der Waals surface area contributed by atoms with Crippen molar-refractivity contribution in [2.45, 2.75) is 0 Å². The SMILES string of the molecule is Nc1cc(Cl)c([O][Sn]=[O])c(Cl)c1. The molecule has 0 amide bonds. The van der Waals surface area contributed by atoms with Crippen molar-refractivity contribution >= 4 is 50.4 Å². The average molecular weight is 312 g/mol. The molecule has 63 valence electrons. The Labute approximate surface area is 89.9 Å². The molecule has 0 fully saturated rings. The normalized spacial score (nSPS) is 9.50. The van der Waals surface area contributed by atoms with Gasteiger partial charge >= 0.3 is 90.2 Å². The third-order valence-electron chi connectivity index (χ3n) is 1.16. The van der Waals surface area contributed by atoms with Crippen molar-refractivity contribution in [2.24, 2.45) is 0 Å². The predicted molar refractivity (Wildman–Crippen MR) is 47.9 cm³/mol. The maximum atomic E-state index is 10.3. The Balaban J connectivity index is 3.18. The van der Waals surface area contributed by atoms with Crippen LogP contribution in [0.15, 0.2) is 12.1 Å². The third-order valence-corrected chi connectivity index (χ3v) is 2.55. The van der Waals surface area contributed by atoms with Gasteiger partial charge in [-0.05, 0) is 0 Å².